The average molecular weight is 377 g/mol. The number of carbonyl (C=O) groups excluding carboxylic acids is 1. The average Bonchev–Trinajstić information content (AvgIpc) is 3.06. The third-order valence-electron chi connectivity index (χ3n) is 5.82. The maximum absolute atomic E-state index is 12.9. The van der Waals surface area contributed by atoms with Crippen LogP contribution in [-0.4, -0.2) is 60.0 Å². The molecule has 2 aromatic rings. The lowest BCUT2D eigenvalue weighted by atomic mass is 9.95. The molecule has 2 bridgehead atoms. The number of ether oxygens (including phenoxy) is 1. The highest BCUT2D eigenvalue weighted by Crippen LogP contribution is 2.29. The lowest BCUT2D eigenvalue weighted by Gasteiger charge is -2.35. The van der Waals surface area contributed by atoms with Gasteiger partial charge in [-0.05, 0) is 37.0 Å². The van der Waals surface area contributed by atoms with Crippen molar-refractivity contribution in [2.75, 3.05) is 33.3 Å². The summed E-state index contributed by atoms with van der Waals surface area (Å²) >= 11 is 0. The zero-order valence-electron chi connectivity index (χ0n) is 16.3. The van der Waals surface area contributed by atoms with Crippen molar-refractivity contribution in [3.8, 4) is 5.75 Å². The Morgan fingerprint density at radius 2 is 1.96 bits per heavy atom. The molecule has 2 atom stereocenters. The quantitative estimate of drug-likeness (QED) is 0.802. The number of benzene rings is 1. The molecule has 1 aromatic carbocycles. The van der Waals surface area contributed by atoms with Crippen LogP contribution < -0.4 is 4.74 Å². The summed E-state index contributed by atoms with van der Waals surface area (Å²) in [5.74, 6) is 1.57. The molecule has 5 nitrogen and oxygen atoms in total. The molecule has 3 fully saturated rings. The van der Waals surface area contributed by atoms with E-state index < -0.39 is 0 Å². The maximum Gasteiger partial charge on any atom is 0.254 e. The van der Waals surface area contributed by atoms with Gasteiger partial charge in [0.2, 0.25) is 0 Å². The zero-order valence-corrected chi connectivity index (χ0v) is 16.3. The second-order valence-corrected chi connectivity index (χ2v) is 7.64. The summed E-state index contributed by atoms with van der Waals surface area (Å²) in [7, 11) is 1.70. The number of hydrogen-bond donors (Lipinski definition) is 0. The van der Waals surface area contributed by atoms with Crippen molar-refractivity contribution in [2.24, 2.45) is 5.92 Å². The van der Waals surface area contributed by atoms with E-state index in [9.17, 15) is 4.79 Å². The van der Waals surface area contributed by atoms with E-state index in [-0.39, 0.29) is 5.91 Å². The Kier molecular flexibility index (Phi) is 5.72. The van der Waals surface area contributed by atoms with Gasteiger partial charge < -0.3 is 9.64 Å². The Morgan fingerprint density at radius 3 is 2.79 bits per heavy atom. The first kappa shape index (κ1) is 18.7. The molecular formula is C23H27N3O2. The Bertz CT molecular complexity index is 837. The SMILES string of the molecule is COc1ccccc1C=CCN1C[C@H]2CC[C@@H]1CN(C(=O)c1ccncc1)C2. The highest BCUT2D eigenvalue weighted by molar-refractivity contribution is 5.94. The van der Waals surface area contributed by atoms with E-state index in [1.54, 1.807) is 19.5 Å². The van der Waals surface area contributed by atoms with Crippen molar-refractivity contribution in [1.29, 1.82) is 0 Å². The number of carbonyl (C=O) groups is 1. The number of rotatable bonds is 5. The van der Waals surface area contributed by atoms with Crippen molar-refractivity contribution >= 4 is 12.0 Å². The van der Waals surface area contributed by atoms with E-state index in [2.05, 4.69) is 28.1 Å². The molecule has 5 rings (SSSR count). The standard InChI is InChI=1S/C23H27N3O2/c1-28-22-7-3-2-5-19(22)6-4-14-25-15-18-8-9-21(25)17-26(16-18)23(27)20-10-12-24-13-11-20/h2-7,10-13,18,21H,8-9,14-17H2,1H3/t18-,21-/m1/s1. The van der Waals surface area contributed by atoms with Crippen LogP contribution in [0.15, 0.2) is 54.9 Å². The van der Waals surface area contributed by atoms with Crippen LogP contribution in [0.3, 0.4) is 0 Å². The van der Waals surface area contributed by atoms with Gasteiger partial charge in [-0.1, -0.05) is 30.4 Å². The molecule has 4 heterocycles. The van der Waals surface area contributed by atoms with Crippen molar-refractivity contribution in [3.05, 3.63) is 66.0 Å². The van der Waals surface area contributed by atoms with Crippen LogP contribution in [0.25, 0.3) is 6.08 Å². The number of aromatic nitrogens is 1. The molecule has 0 radical (unpaired) electrons. The van der Waals surface area contributed by atoms with Gasteiger partial charge in [-0.15, -0.1) is 0 Å². The van der Waals surface area contributed by atoms with Gasteiger partial charge in [0.15, 0.2) is 0 Å². The van der Waals surface area contributed by atoms with Crippen LogP contribution >= 0.6 is 0 Å². The number of pyridine rings is 1. The minimum Gasteiger partial charge on any atom is -0.496 e. The first-order chi connectivity index (χ1) is 13.7. The van der Waals surface area contributed by atoms with Crippen LogP contribution in [-0.2, 0) is 0 Å². The molecule has 3 saturated heterocycles. The third kappa shape index (κ3) is 4.09. The molecule has 1 amide bonds. The molecule has 0 spiro atoms. The Balaban J connectivity index is 1.42. The maximum atomic E-state index is 12.9. The van der Waals surface area contributed by atoms with Gasteiger partial charge >= 0.3 is 0 Å². The fourth-order valence-corrected chi connectivity index (χ4v) is 4.36. The van der Waals surface area contributed by atoms with Crippen LogP contribution in [0.5, 0.6) is 5.75 Å². The normalized spacial score (nSPS) is 22.4. The zero-order chi connectivity index (χ0) is 19.3. The van der Waals surface area contributed by atoms with E-state index in [0.29, 0.717) is 12.0 Å². The molecule has 146 valence electrons. The van der Waals surface area contributed by atoms with Crippen LogP contribution in [0, 0.1) is 5.92 Å². The predicted molar refractivity (Wildman–Crippen MR) is 110 cm³/mol. The molecule has 3 aliphatic heterocycles. The summed E-state index contributed by atoms with van der Waals surface area (Å²) in [4.78, 5) is 21.5. The van der Waals surface area contributed by atoms with Gasteiger partial charge in [-0.2, -0.15) is 0 Å². The van der Waals surface area contributed by atoms with Gasteiger partial charge in [-0.25, -0.2) is 0 Å². The van der Waals surface area contributed by atoms with E-state index in [1.807, 2.05) is 35.2 Å². The summed E-state index contributed by atoms with van der Waals surface area (Å²) in [5.41, 5.74) is 1.83. The van der Waals surface area contributed by atoms with E-state index in [1.165, 1.54) is 6.42 Å². The van der Waals surface area contributed by atoms with Crippen molar-refractivity contribution in [3.63, 3.8) is 0 Å². The van der Waals surface area contributed by atoms with E-state index in [4.69, 9.17) is 4.74 Å². The lowest BCUT2D eigenvalue weighted by Crippen LogP contribution is -2.44. The molecule has 0 saturated carbocycles. The summed E-state index contributed by atoms with van der Waals surface area (Å²) in [5, 5.41) is 0. The number of methoxy groups -OCH3 is 1. The van der Waals surface area contributed by atoms with Gasteiger partial charge in [0, 0.05) is 55.7 Å². The number of para-hydroxylation sites is 1. The molecular weight excluding hydrogens is 350 g/mol. The van der Waals surface area contributed by atoms with Gasteiger partial charge in [0.1, 0.15) is 5.75 Å². The second kappa shape index (κ2) is 8.57. The highest BCUT2D eigenvalue weighted by atomic mass is 16.5. The van der Waals surface area contributed by atoms with E-state index >= 15 is 0 Å². The van der Waals surface area contributed by atoms with Crippen LogP contribution in [0.4, 0.5) is 0 Å². The summed E-state index contributed by atoms with van der Waals surface area (Å²) in [6.07, 6.45) is 10.1. The van der Waals surface area contributed by atoms with Crippen molar-refractivity contribution in [1.82, 2.24) is 14.8 Å². The molecule has 1 aromatic heterocycles. The molecule has 0 N–H and O–H groups in total. The second-order valence-electron chi connectivity index (χ2n) is 7.64. The van der Waals surface area contributed by atoms with Gasteiger partial charge in [0.05, 0.1) is 7.11 Å². The smallest absolute Gasteiger partial charge is 0.254 e. The number of amides is 1. The number of fused-ring (bicyclic) bond motifs is 4. The Morgan fingerprint density at radius 1 is 1.14 bits per heavy atom. The topological polar surface area (TPSA) is 45.7 Å². The van der Waals surface area contributed by atoms with Gasteiger partial charge in [0.25, 0.3) is 5.91 Å². The Hall–Kier alpha value is -2.66. The van der Waals surface area contributed by atoms with Crippen LogP contribution in [0.2, 0.25) is 0 Å². The van der Waals surface area contributed by atoms with Crippen molar-refractivity contribution in [2.45, 2.75) is 18.9 Å². The van der Waals surface area contributed by atoms with Gasteiger partial charge in [-0.3, -0.25) is 14.7 Å². The summed E-state index contributed by atoms with van der Waals surface area (Å²) < 4.78 is 5.43. The molecule has 0 unspecified atom stereocenters. The largest absolute Gasteiger partial charge is 0.496 e. The van der Waals surface area contributed by atoms with Crippen molar-refractivity contribution < 1.29 is 9.53 Å². The number of nitrogens with zero attached hydrogens (tertiary/aromatic N) is 3. The lowest BCUT2D eigenvalue weighted by molar-refractivity contribution is 0.0740. The minimum absolute atomic E-state index is 0.130. The summed E-state index contributed by atoms with van der Waals surface area (Å²) in [6, 6.07) is 12.1. The fourth-order valence-electron chi connectivity index (χ4n) is 4.36. The fraction of sp³-hybridized carbons (Fsp3) is 0.391. The number of piperidine rings is 1. The summed E-state index contributed by atoms with van der Waals surface area (Å²) in [6.45, 7) is 3.61. The Labute approximate surface area is 166 Å². The first-order valence-corrected chi connectivity index (χ1v) is 9.97. The molecule has 0 aliphatic carbocycles. The van der Waals surface area contributed by atoms with E-state index in [0.717, 1.165) is 49.5 Å². The molecule has 28 heavy (non-hydrogen) atoms. The molecule has 5 heteroatoms. The highest BCUT2D eigenvalue weighted by Gasteiger charge is 2.36. The number of hydrogen-bond acceptors (Lipinski definition) is 4. The minimum atomic E-state index is 0.130. The van der Waals surface area contributed by atoms with Crippen LogP contribution in [0.1, 0.15) is 28.8 Å². The predicted octanol–water partition coefficient (Wildman–Crippen LogP) is 3.34. The monoisotopic (exact) mass is 377 g/mol. The first-order valence-electron chi connectivity index (χ1n) is 9.97. The third-order valence-corrected chi connectivity index (χ3v) is 5.82. The molecule has 3 aliphatic rings.